The van der Waals surface area contributed by atoms with Crippen LogP contribution in [-0.2, 0) is 13.0 Å². The summed E-state index contributed by atoms with van der Waals surface area (Å²) in [5.41, 5.74) is 6.30. The molecule has 0 aliphatic carbocycles. The lowest BCUT2D eigenvalue weighted by Gasteiger charge is -2.27. The van der Waals surface area contributed by atoms with E-state index < -0.39 is 0 Å². The van der Waals surface area contributed by atoms with Crippen molar-refractivity contribution in [1.82, 2.24) is 20.3 Å². The first kappa shape index (κ1) is 15.9. The fraction of sp³-hybridized carbons (Fsp3) is 0.300. The van der Waals surface area contributed by atoms with E-state index in [1.807, 2.05) is 18.0 Å². The standard InChI is InChI=1S/C20H21N5S/c1-13-9-22-19-18(13)20(24-12-23-19)25-6-7-26-17(11-25)15-3-2-14-4-5-21-10-16(14)8-15/h2-3,8-9,11-12,21H,4-7,10H2,1H3,(H,22,23,24). The number of nitrogens with one attached hydrogen (secondary N) is 2. The van der Waals surface area contributed by atoms with Crippen molar-refractivity contribution in [2.45, 2.75) is 19.9 Å². The van der Waals surface area contributed by atoms with Crippen LogP contribution in [0.25, 0.3) is 15.9 Å². The van der Waals surface area contributed by atoms with Gasteiger partial charge in [0, 0.05) is 36.1 Å². The molecule has 2 aliphatic heterocycles. The van der Waals surface area contributed by atoms with Crippen LogP contribution < -0.4 is 10.2 Å². The van der Waals surface area contributed by atoms with E-state index in [0.717, 1.165) is 48.7 Å². The summed E-state index contributed by atoms with van der Waals surface area (Å²) >= 11 is 1.92. The van der Waals surface area contributed by atoms with E-state index in [-0.39, 0.29) is 0 Å². The van der Waals surface area contributed by atoms with Gasteiger partial charge >= 0.3 is 0 Å². The number of hydrogen-bond acceptors (Lipinski definition) is 5. The molecule has 2 aromatic heterocycles. The topological polar surface area (TPSA) is 56.8 Å². The number of aromatic amines is 1. The average Bonchev–Trinajstić information content (AvgIpc) is 3.09. The van der Waals surface area contributed by atoms with Gasteiger partial charge in [-0.1, -0.05) is 12.1 Å². The number of aryl methyl sites for hydroxylation is 1. The van der Waals surface area contributed by atoms with Crippen LogP contribution in [0.15, 0.2) is 36.9 Å². The van der Waals surface area contributed by atoms with Gasteiger partial charge in [0.2, 0.25) is 0 Å². The molecule has 0 saturated carbocycles. The van der Waals surface area contributed by atoms with E-state index in [4.69, 9.17) is 0 Å². The van der Waals surface area contributed by atoms with Gasteiger partial charge in [-0.05, 0) is 48.2 Å². The Bertz CT molecular complexity index is 1010. The molecule has 0 bridgehead atoms. The van der Waals surface area contributed by atoms with Crippen molar-refractivity contribution in [2.24, 2.45) is 0 Å². The normalized spacial score (nSPS) is 17.3. The fourth-order valence-electron chi connectivity index (χ4n) is 3.77. The highest BCUT2D eigenvalue weighted by Gasteiger charge is 2.19. The van der Waals surface area contributed by atoms with Crippen molar-refractivity contribution in [1.29, 1.82) is 0 Å². The minimum atomic E-state index is 0.903. The summed E-state index contributed by atoms with van der Waals surface area (Å²) in [6.45, 7) is 5.11. The monoisotopic (exact) mass is 363 g/mol. The Hall–Kier alpha value is -2.31. The fourth-order valence-corrected chi connectivity index (χ4v) is 4.77. The number of hydrogen-bond donors (Lipinski definition) is 2. The third-order valence-corrected chi connectivity index (χ3v) is 6.20. The summed E-state index contributed by atoms with van der Waals surface area (Å²) in [7, 11) is 0. The van der Waals surface area contributed by atoms with Crippen LogP contribution in [0.4, 0.5) is 5.82 Å². The number of anilines is 1. The van der Waals surface area contributed by atoms with Crippen LogP contribution in [-0.4, -0.2) is 33.8 Å². The summed E-state index contributed by atoms with van der Waals surface area (Å²) in [5.74, 6) is 2.04. The summed E-state index contributed by atoms with van der Waals surface area (Å²) in [4.78, 5) is 15.8. The Morgan fingerprint density at radius 1 is 1.19 bits per heavy atom. The molecular formula is C20H21N5S. The Morgan fingerprint density at radius 3 is 3.12 bits per heavy atom. The molecule has 0 radical (unpaired) electrons. The highest BCUT2D eigenvalue weighted by atomic mass is 32.2. The van der Waals surface area contributed by atoms with E-state index >= 15 is 0 Å². The second-order valence-corrected chi connectivity index (χ2v) is 7.97. The molecule has 2 N–H and O–H groups in total. The van der Waals surface area contributed by atoms with Crippen LogP contribution in [0, 0.1) is 6.92 Å². The highest BCUT2D eigenvalue weighted by molar-refractivity contribution is 8.08. The lowest BCUT2D eigenvalue weighted by Crippen LogP contribution is -2.25. The maximum atomic E-state index is 4.59. The van der Waals surface area contributed by atoms with Crippen LogP contribution in [0.3, 0.4) is 0 Å². The first-order valence-electron chi connectivity index (χ1n) is 9.02. The molecule has 132 valence electrons. The molecule has 26 heavy (non-hydrogen) atoms. The zero-order valence-electron chi connectivity index (χ0n) is 14.7. The van der Waals surface area contributed by atoms with Crippen LogP contribution >= 0.6 is 11.8 Å². The van der Waals surface area contributed by atoms with Gasteiger partial charge in [0.1, 0.15) is 17.8 Å². The minimum Gasteiger partial charge on any atom is -0.346 e. The van der Waals surface area contributed by atoms with E-state index in [1.165, 1.54) is 27.2 Å². The number of rotatable bonds is 2. The Morgan fingerprint density at radius 2 is 2.15 bits per heavy atom. The van der Waals surface area contributed by atoms with Crippen molar-refractivity contribution in [3.05, 3.63) is 59.2 Å². The van der Waals surface area contributed by atoms with Gasteiger partial charge in [0.05, 0.1) is 5.39 Å². The number of aromatic nitrogens is 3. The SMILES string of the molecule is Cc1c[nH]c2ncnc(N3C=C(c4ccc5c(c4)CNCC5)SCC3)c12. The predicted octanol–water partition coefficient (Wildman–Crippen LogP) is 3.46. The van der Waals surface area contributed by atoms with Crippen molar-refractivity contribution < 1.29 is 0 Å². The third kappa shape index (κ3) is 2.70. The third-order valence-electron chi connectivity index (χ3n) is 5.16. The molecule has 0 fully saturated rings. The number of fused-ring (bicyclic) bond motifs is 2. The number of benzene rings is 1. The smallest absolute Gasteiger partial charge is 0.145 e. The maximum Gasteiger partial charge on any atom is 0.145 e. The second-order valence-electron chi connectivity index (χ2n) is 6.84. The van der Waals surface area contributed by atoms with Crippen molar-refractivity contribution in [3.8, 4) is 0 Å². The summed E-state index contributed by atoms with van der Waals surface area (Å²) in [6.07, 6.45) is 7.02. The van der Waals surface area contributed by atoms with Gasteiger partial charge in [0.25, 0.3) is 0 Å². The van der Waals surface area contributed by atoms with Crippen molar-refractivity contribution >= 4 is 33.5 Å². The molecule has 5 rings (SSSR count). The lowest BCUT2D eigenvalue weighted by atomic mass is 9.98. The molecule has 0 saturated heterocycles. The number of thioether (sulfide) groups is 1. The number of H-pyrrole nitrogens is 1. The zero-order valence-corrected chi connectivity index (χ0v) is 15.6. The largest absolute Gasteiger partial charge is 0.346 e. The first-order chi connectivity index (χ1) is 12.8. The van der Waals surface area contributed by atoms with Gasteiger partial charge in [-0.25, -0.2) is 9.97 Å². The minimum absolute atomic E-state index is 0.903. The second kappa shape index (κ2) is 6.45. The van der Waals surface area contributed by atoms with Gasteiger partial charge in [-0.15, -0.1) is 11.8 Å². The Balaban J connectivity index is 1.55. The van der Waals surface area contributed by atoms with Gasteiger partial charge in [0.15, 0.2) is 0 Å². The van der Waals surface area contributed by atoms with E-state index in [1.54, 1.807) is 6.33 Å². The molecule has 0 spiro atoms. The molecule has 2 aliphatic rings. The molecule has 0 unspecified atom stereocenters. The molecule has 0 atom stereocenters. The highest BCUT2D eigenvalue weighted by Crippen LogP contribution is 2.36. The maximum absolute atomic E-state index is 4.59. The van der Waals surface area contributed by atoms with Crippen molar-refractivity contribution in [2.75, 3.05) is 23.7 Å². The van der Waals surface area contributed by atoms with Crippen LogP contribution in [0.2, 0.25) is 0 Å². The molecule has 0 amide bonds. The van der Waals surface area contributed by atoms with Gasteiger partial charge in [-0.2, -0.15) is 0 Å². The predicted molar refractivity (Wildman–Crippen MR) is 108 cm³/mol. The number of nitrogens with zero attached hydrogens (tertiary/aromatic N) is 3. The molecule has 5 nitrogen and oxygen atoms in total. The summed E-state index contributed by atoms with van der Waals surface area (Å²) in [6, 6.07) is 6.91. The molecule has 1 aromatic carbocycles. The molecule has 4 heterocycles. The summed E-state index contributed by atoms with van der Waals surface area (Å²) < 4.78 is 0. The molecule has 3 aromatic rings. The molecular weight excluding hydrogens is 342 g/mol. The Kier molecular flexibility index (Phi) is 3.94. The lowest BCUT2D eigenvalue weighted by molar-refractivity contribution is 0.643. The quantitative estimate of drug-likeness (QED) is 0.730. The van der Waals surface area contributed by atoms with Gasteiger partial charge in [-0.3, -0.25) is 0 Å². The van der Waals surface area contributed by atoms with Gasteiger partial charge < -0.3 is 15.2 Å². The van der Waals surface area contributed by atoms with Crippen molar-refractivity contribution in [3.63, 3.8) is 0 Å². The van der Waals surface area contributed by atoms with E-state index in [9.17, 15) is 0 Å². The van der Waals surface area contributed by atoms with E-state index in [0.29, 0.717) is 0 Å². The van der Waals surface area contributed by atoms with Crippen LogP contribution in [0.1, 0.15) is 22.3 Å². The van der Waals surface area contributed by atoms with Crippen LogP contribution in [0.5, 0.6) is 0 Å². The first-order valence-corrected chi connectivity index (χ1v) is 10.0. The Labute approximate surface area is 156 Å². The average molecular weight is 363 g/mol. The summed E-state index contributed by atoms with van der Waals surface area (Å²) in [5, 5.41) is 4.59. The molecule has 6 heteroatoms. The zero-order chi connectivity index (χ0) is 17.5. The van der Waals surface area contributed by atoms with E-state index in [2.05, 4.69) is 56.5 Å².